The van der Waals surface area contributed by atoms with Crippen molar-refractivity contribution in [2.75, 3.05) is 27.3 Å². The van der Waals surface area contributed by atoms with Crippen LogP contribution in [0.25, 0.3) is 0 Å². The molecule has 25 heavy (non-hydrogen) atoms. The Morgan fingerprint density at radius 1 is 1.04 bits per heavy atom. The molecular formula is C19H20N2O4. The number of hydrogen-bond acceptors (Lipinski definition) is 4. The molecule has 1 aliphatic rings. The number of benzene rings is 2. The van der Waals surface area contributed by atoms with E-state index in [2.05, 4.69) is 5.32 Å². The highest BCUT2D eigenvalue weighted by molar-refractivity contribution is 6.02. The van der Waals surface area contributed by atoms with Crippen molar-refractivity contribution in [2.24, 2.45) is 0 Å². The minimum atomic E-state index is -0.683. The Bertz CT molecular complexity index is 754. The molecule has 1 fully saturated rings. The first-order chi connectivity index (χ1) is 12.2. The molecule has 0 aromatic heterocycles. The minimum absolute atomic E-state index is 0.195. The topological polar surface area (TPSA) is 67.9 Å². The normalized spacial score (nSPS) is 17.0. The summed E-state index contributed by atoms with van der Waals surface area (Å²) in [5.41, 5.74) is 1.09. The van der Waals surface area contributed by atoms with Crippen LogP contribution >= 0.6 is 0 Å². The lowest BCUT2D eigenvalue weighted by atomic mass is 10.0. The number of methoxy groups -OCH3 is 2. The Hall–Kier alpha value is -3.02. The van der Waals surface area contributed by atoms with Crippen molar-refractivity contribution < 1.29 is 19.1 Å². The van der Waals surface area contributed by atoms with Crippen molar-refractivity contribution in [3.63, 3.8) is 0 Å². The Kier molecular flexibility index (Phi) is 4.88. The number of carbonyl (C=O) groups is 2. The maximum Gasteiger partial charge on any atom is 0.262 e. The van der Waals surface area contributed by atoms with Crippen molar-refractivity contribution in [1.29, 1.82) is 0 Å². The van der Waals surface area contributed by atoms with Gasteiger partial charge in [0.05, 0.1) is 14.2 Å². The summed E-state index contributed by atoms with van der Waals surface area (Å²) in [5.74, 6) is 0.349. The molecule has 6 nitrogen and oxygen atoms in total. The molecule has 3 rings (SSSR count). The van der Waals surface area contributed by atoms with Crippen LogP contribution in [0.2, 0.25) is 0 Å². The van der Waals surface area contributed by atoms with Gasteiger partial charge in [-0.15, -0.1) is 0 Å². The van der Waals surface area contributed by atoms with Crippen LogP contribution in [-0.4, -0.2) is 44.0 Å². The van der Waals surface area contributed by atoms with Gasteiger partial charge in [-0.05, 0) is 17.7 Å². The third-order valence-electron chi connectivity index (χ3n) is 4.23. The maximum atomic E-state index is 13.3. The molecule has 1 heterocycles. The van der Waals surface area contributed by atoms with E-state index >= 15 is 0 Å². The zero-order valence-electron chi connectivity index (χ0n) is 14.2. The highest BCUT2D eigenvalue weighted by Gasteiger charge is 2.36. The largest absolute Gasteiger partial charge is 0.496 e. The lowest BCUT2D eigenvalue weighted by Crippen LogP contribution is -2.52. The summed E-state index contributed by atoms with van der Waals surface area (Å²) in [6.45, 7) is 0.816. The Morgan fingerprint density at radius 2 is 1.68 bits per heavy atom. The summed E-state index contributed by atoms with van der Waals surface area (Å²) in [7, 11) is 3.01. The van der Waals surface area contributed by atoms with Crippen LogP contribution in [0.5, 0.6) is 11.5 Å². The van der Waals surface area contributed by atoms with Crippen LogP contribution in [0.4, 0.5) is 0 Å². The molecule has 0 spiro atoms. The van der Waals surface area contributed by atoms with E-state index in [1.807, 2.05) is 30.3 Å². The second kappa shape index (κ2) is 7.25. The summed E-state index contributed by atoms with van der Waals surface area (Å²) in [6, 6.07) is 13.7. The van der Waals surface area contributed by atoms with Gasteiger partial charge in [0, 0.05) is 13.1 Å². The number of piperazine rings is 1. The molecule has 1 atom stereocenters. The molecule has 0 bridgehead atoms. The van der Waals surface area contributed by atoms with Gasteiger partial charge >= 0.3 is 0 Å². The van der Waals surface area contributed by atoms with Gasteiger partial charge in [-0.3, -0.25) is 9.59 Å². The molecule has 2 aromatic carbocycles. The number of rotatable bonds is 4. The number of nitrogens with zero attached hydrogens (tertiary/aromatic N) is 1. The predicted octanol–water partition coefficient (Wildman–Crippen LogP) is 2.02. The molecule has 6 heteroatoms. The van der Waals surface area contributed by atoms with E-state index in [1.54, 1.807) is 23.1 Å². The van der Waals surface area contributed by atoms with E-state index in [9.17, 15) is 9.59 Å². The molecule has 0 aliphatic carbocycles. The van der Waals surface area contributed by atoms with Crippen LogP contribution in [-0.2, 0) is 4.79 Å². The molecule has 1 aliphatic heterocycles. The van der Waals surface area contributed by atoms with E-state index in [0.29, 0.717) is 30.2 Å². The molecule has 1 saturated heterocycles. The zero-order valence-corrected chi connectivity index (χ0v) is 14.2. The molecule has 2 aromatic rings. The second-order valence-electron chi connectivity index (χ2n) is 5.64. The average molecular weight is 340 g/mol. The highest BCUT2D eigenvalue weighted by atomic mass is 16.5. The molecule has 1 unspecified atom stereocenters. The van der Waals surface area contributed by atoms with Gasteiger partial charge in [-0.2, -0.15) is 0 Å². The quantitative estimate of drug-likeness (QED) is 0.925. The number of nitrogens with one attached hydrogen (secondary N) is 1. The first-order valence-corrected chi connectivity index (χ1v) is 8.02. The smallest absolute Gasteiger partial charge is 0.262 e. The van der Waals surface area contributed by atoms with Crippen molar-refractivity contribution >= 4 is 11.8 Å². The molecule has 130 valence electrons. The number of ether oxygens (including phenoxy) is 2. The Morgan fingerprint density at radius 3 is 2.28 bits per heavy atom. The van der Waals surface area contributed by atoms with Crippen LogP contribution in [0.15, 0.2) is 48.5 Å². The monoisotopic (exact) mass is 340 g/mol. The predicted molar refractivity (Wildman–Crippen MR) is 92.8 cm³/mol. The van der Waals surface area contributed by atoms with Gasteiger partial charge in [0.1, 0.15) is 23.1 Å². The SMILES string of the molecule is COc1cccc(OC)c1C(=O)N1CCNC(=O)C1c1ccccc1. The lowest BCUT2D eigenvalue weighted by Gasteiger charge is -2.35. The van der Waals surface area contributed by atoms with Gasteiger partial charge in [-0.25, -0.2) is 0 Å². The number of carbonyl (C=O) groups excluding carboxylic acids is 2. The fourth-order valence-electron chi connectivity index (χ4n) is 3.06. The number of hydrogen-bond donors (Lipinski definition) is 1. The average Bonchev–Trinajstić information content (AvgIpc) is 2.67. The van der Waals surface area contributed by atoms with Crippen LogP contribution < -0.4 is 14.8 Å². The van der Waals surface area contributed by atoms with Crippen molar-refractivity contribution in [1.82, 2.24) is 10.2 Å². The lowest BCUT2D eigenvalue weighted by molar-refractivity contribution is -0.128. The molecular weight excluding hydrogens is 320 g/mol. The first-order valence-electron chi connectivity index (χ1n) is 8.02. The second-order valence-corrected chi connectivity index (χ2v) is 5.64. The maximum absolute atomic E-state index is 13.3. The summed E-state index contributed by atoms with van der Waals surface area (Å²) < 4.78 is 10.7. The first kappa shape index (κ1) is 16.8. The van der Waals surface area contributed by atoms with Gasteiger partial charge in [0.2, 0.25) is 5.91 Å². The minimum Gasteiger partial charge on any atom is -0.496 e. The van der Waals surface area contributed by atoms with E-state index in [-0.39, 0.29) is 11.8 Å². The van der Waals surface area contributed by atoms with E-state index < -0.39 is 6.04 Å². The third-order valence-corrected chi connectivity index (χ3v) is 4.23. The summed E-state index contributed by atoms with van der Waals surface area (Å²) in [4.78, 5) is 27.3. The van der Waals surface area contributed by atoms with Crippen molar-refractivity contribution in [3.8, 4) is 11.5 Å². The van der Waals surface area contributed by atoms with E-state index in [1.165, 1.54) is 14.2 Å². The van der Waals surface area contributed by atoms with Crippen molar-refractivity contribution in [3.05, 3.63) is 59.7 Å². The summed E-state index contributed by atoms with van der Waals surface area (Å²) >= 11 is 0. The fraction of sp³-hybridized carbons (Fsp3) is 0.263. The Balaban J connectivity index is 2.04. The van der Waals surface area contributed by atoms with E-state index in [4.69, 9.17) is 9.47 Å². The fourth-order valence-corrected chi connectivity index (χ4v) is 3.06. The summed E-state index contributed by atoms with van der Waals surface area (Å²) in [5, 5.41) is 2.83. The highest BCUT2D eigenvalue weighted by Crippen LogP contribution is 2.33. The molecule has 2 amide bonds. The third kappa shape index (κ3) is 3.15. The summed E-state index contributed by atoms with van der Waals surface area (Å²) in [6.07, 6.45) is 0. The van der Waals surface area contributed by atoms with Crippen molar-refractivity contribution in [2.45, 2.75) is 6.04 Å². The van der Waals surface area contributed by atoms with Gasteiger partial charge in [-0.1, -0.05) is 36.4 Å². The number of amides is 2. The molecule has 0 radical (unpaired) electrons. The van der Waals surface area contributed by atoms with Crippen LogP contribution in [0.3, 0.4) is 0 Å². The van der Waals surface area contributed by atoms with Gasteiger partial charge < -0.3 is 19.7 Å². The van der Waals surface area contributed by atoms with Gasteiger partial charge in [0.15, 0.2) is 0 Å². The van der Waals surface area contributed by atoms with E-state index in [0.717, 1.165) is 5.56 Å². The zero-order chi connectivity index (χ0) is 17.8. The van der Waals surface area contributed by atoms with Gasteiger partial charge in [0.25, 0.3) is 5.91 Å². The standard InChI is InChI=1S/C19H20N2O4/c1-24-14-9-6-10-15(25-2)16(14)19(23)21-12-11-20-18(22)17(21)13-7-4-3-5-8-13/h3-10,17H,11-12H2,1-2H3,(H,20,22). The van der Waals surface area contributed by atoms with Crippen LogP contribution in [0.1, 0.15) is 22.0 Å². The molecule has 0 saturated carbocycles. The van der Waals surface area contributed by atoms with Crippen LogP contribution in [0, 0.1) is 0 Å². The molecule has 1 N–H and O–H groups in total. The Labute approximate surface area is 146 Å².